The Labute approximate surface area is 87.4 Å². The fourth-order valence-electron chi connectivity index (χ4n) is 0.894. The van der Waals surface area contributed by atoms with Crippen LogP contribution in [0.5, 0.6) is 0 Å². The highest BCUT2D eigenvalue weighted by Gasteiger charge is 1.96. The lowest BCUT2D eigenvalue weighted by molar-refractivity contribution is 1.40. The van der Waals surface area contributed by atoms with E-state index in [4.69, 9.17) is 28.9 Å². The molecule has 4 heteroatoms. The van der Waals surface area contributed by atoms with Crippen LogP contribution in [-0.2, 0) is 0 Å². The second-order valence-corrected chi connectivity index (χ2v) is 3.34. The minimum absolute atomic E-state index is 0.238. The van der Waals surface area contributed by atoms with E-state index in [0.717, 1.165) is 16.3 Å². The molecule has 13 heavy (non-hydrogen) atoms. The first-order valence-electron chi connectivity index (χ1n) is 3.78. The Morgan fingerprint density at radius 2 is 2.23 bits per heavy atom. The van der Waals surface area contributed by atoms with Gasteiger partial charge >= 0.3 is 0 Å². The highest BCUT2D eigenvalue weighted by Crippen LogP contribution is 2.21. The summed E-state index contributed by atoms with van der Waals surface area (Å²) in [6, 6.07) is 5.45. The van der Waals surface area contributed by atoms with Crippen LogP contribution in [0.3, 0.4) is 0 Å². The van der Waals surface area contributed by atoms with Crippen LogP contribution in [0, 0.1) is 6.92 Å². The molecule has 0 radical (unpaired) electrons. The van der Waals surface area contributed by atoms with Crippen molar-refractivity contribution in [2.24, 2.45) is 10.7 Å². The molecule has 0 saturated carbocycles. The van der Waals surface area contributed by atoms with Crippen LogP contribution in [-0.4, -0.2) is 11.7 Å². The van der Waals surface area contributed by atoms with Gasteiger partial charge in [0.1, 0.15) is 5.84 Å². The molecule has 0 unspecified atom stereocenters. The first-order valence-corrected chi connectivity index (χ1v) is 4.70. The van der Waals surface area contributed by atoms with Crippen molar-refractivity contribution in [2.45, 2.75) is 6.92 Å². The number of nitrogens with two attached hydrogens (primary N) is 1. The van der Waals surface area contributed by atoms with E-state index in [1.165, 1.54) is 0 Å². The van der Waals surface area contributed by atoms with Gasteiger partial charge in [0.2, 0.25) is 0 Å². The zero-order chi connectivity index (χ0) is 9.84. The molecule has 2 nitrogen and oxygen atoms in total. The predicted molar refractivity (Wildman–Crippen MR) is 58.2 cm³/mol. The van der Waals surface area contributed by atoms with Gasteiger partial charge in [-0.2, -0.15) is 0 Å². The van der Waals surface area contributed by atoms with Crippen molar-refractivity contribution in [2.75, 3.05) is 5.88 Å². The van der Waals surface area contributed by atoms with Crippen LogP contribution in [0.15, 0.2) is 23.2 Å². The lowest BCUT2D eigenvalue weighted by Gasteiger charge is -1.99. The van der Waals surface area contributed by atoms with E-state index in [-0.39, 0.29) is 5.88 Å². The molecule has 0 aromatic heterocycles. The average Bonchev–Trinajstić information content (AvgIpc) is 2.11. The summed E-state index contributed by atoms with van der Waals surface area (Å²) in [5.74, 6) is 0.644. The lowest BCUT2D eigenvalue weighted by atomic mass is 10.2. The van der Waals surface area contributed by atoms with Crippen molar-refractivity contribution in [1.29, 1.82) is 0 Å². The molecule has 0 spiro atoms. The van der Waals surface area contributed by atoms with Crippen molar-refractivity contribution in [3.63, 3.8) is 0 Å². The minimum atomic E-state index is 0.238. The topological polar surface area (TPSA) is 38.4 Å². The number of alkyl halides is 1. The molecule has 1 aromatic carbocycles. The van der Waals surface area contributed by atoms with Crippen molar-refractivity contribution in [1.82, 2.24) is 0 Å². The zero-order valence-corrected chi connectivity index (χ0v) is 8.73. The molecule has 0 amide bonds. The second-order valence-electron chi connectivity index (χ2n) is 2.67. The lowest BCUT2D eigenvalue weighted by Crippen LogP contribution is -2.12. The van der Waals surface area contributed by atoms with Gasteiger partial charge in [-0.05, 0) is 30.7 Å². The molecule has 0 atom stereocenters. The molecule has 0 aliphatic rings. The Kier molecular flexibility index (Phi) is 3.58. The number of rotatable bonds is 2. The van der Waals surface area contributed by atoms with E-state index in [1.807, 2.05) is 13.0 Å². The smallest absolute Gasteiger partial charge is 0.115 e. The van der Waals surface area contributed by atoms with E-state index >= 15 is 0 Å². The number of hydrogen-bond donors (Lipinski definition) is 1. The van der Waals surface area contributed by atoms with E-state index in [1.54, 1.807) is 12.1 Å². The van der Waals surface area contributed by atoms with Crippen molar-refractivity contribution >= 4 is 34.7 Å². The highest BCUT2D eigenvalue weighted by atomic mass is 35.5. The van der Waals surface area contributed by atoms with Gasteiger partial charge in [0, 0.05) is 5.02 Å². The van der Waals surface area contributed by atoms with Crippen LogP contribution in [0.2, 0.25) is 5.02 Å². The Morgan fingerprint density at radius 3 is 2.77 bits per heavy atom. The van der Waals surface area contributed by atoms with E-state index in [2.05, 4.69) is 4.99 Å². The number of nitrogens with zero attached hydrogens (tertiary/aromatic N) is 1. The quantitative estimate of drug-likeness (QED) is 0.461. The SMILES string of the molecule is Cc1cc(N=C(N)CCl)ccc1Cl. The first kappa shape index (κ1) is 10.4. The van der Waals surface area contributed by atoms with Gasteiger partial charge in [0.15, 0.2) is 0 Å². The zero-order valence-electron chi connectivity index (χ0n) is 7.22. The molecule has 0 bridgehead atoms. The summed E-state index contributed by atoms with van der Waals surface area (Å²) in [7, 11) is 0. The number of aryl methyl sites for hydroxylation is 1. The number of halogens is 2. The van der Waals surface area contributed by atoms with Gasteiger partial charge in [-0.3, -0.25) is 0 Å². The Hall–Kier alpha value is -0.730. The maximum absolute atomic E-state index is 5.85. The third kappa shape index (κ3) is 2.90. The molecule has 0 saturated heterocycles. The average molecular weight is 217 g/mol. The van der Waals surface area contributed by atoms with Gasteiger partial charge in [0.05, 0.1) is 11.6 Å². The Balaban J connectivity index is 2.98. The number of amidine groups is 1. The standard InChI is InChI=1S/C9H10Cl2N2/c1-6-4-7(2-3-8(6)11)13-9(12)5-10/h2-4H,5H2,1H3,(H2,12,13). The number of hydrogen-bond acceptors (Lipinski definition) is 1. The van der Waals surface area contributed by atoms with Crippen molar-refractivity contribution in [3.8, 4) is 0 Å². The molecule has 70 valence electrons. The molecular formula is C9H10Cl2N2. The Morgan fingerprint density at radius 1 is 1.54 bits per heavy atom. The summed E-state index contributed by atoms with van der Waals surface area (Å²) >= 11 is 11.3. The first-order chi connectivity index (χ1) is 6.13. The summed E-state index contributed by atoms with van der Waals surface area (Å²) in [6.07, 6.45) is 0. The van der Waals surface area contributed by atoms with Crippen molar-refractivity contribution in [3.05, 3.63) is 28.8 Å². The van der Waals surface area contributed by atoms with E-state index in [0.29, 0.717) is 5.84 Å². The van der Waals surface area contributed by atoms with Crippen molar-refractivity contribution < 1.29 is 0 Å². The van der Waals surface area contributed by atoms with Crippen LogP contribution < -0.4 is 5.73 Å². The largest absolute Gasteiger partial charge is 0.386 e. The molecule has 1 rings (SSSR count). The summed E-state index contributed by atoms with van der Waals surface area (Å²) < 4.78 is 0. The van der Waals surface area contributed by atoms with Crippen LogP contribution >= 0.6 is 23.2 Å². The Bertz CT molecular complexity index is 334. The maximum atomic E-state index is 5.85. The second kappa shape index (κ2) is 4.49. The molecule has 0 aliphatic carbocycles. The van der Waals surface area contributed by atoms with Crippen LogP contribution in [0.1, 0.15) is 5.56 Å². The number of benzene rings is 1. The van der Waals surface area contributed by atoms with Crippen LogP contribution in [0.25, 0.3) is 0 Å². The highest BCUT2D eigenvalue weighted by molar-refractivity contribution is 6.31. The molecular weight excluding hydrogens is 207 g/mol. The third-order valence-electron chi connectivity index (χ3n) is 1.55. The summed E-state index contributed by atoms with van der Waals surface area (Å²) in [6.45, 7) is 1.91. The van der Waals surface area contributed by atoms with Gasteiger partial charge in [-0.1, -0.05) is 11.6 Å². The molecule has 0 fully saturated rings. The van der Waals surface area contributed by atoms with Crippen LogP contribution in [0.4, 0.5) is 5.69 Å². The van der Waals surface area contributed by atoms with E-state index < -0.39 is 0 Å². The summed E-state index contributed by atoms with van der Waals surface area (Å²) in [5, 5.41) is 0.725. The third-order valence-corrected chi connectivity index (χ3v) is 2.25. The maximum Gasteiger partial charge on any atom is 0.115 e. The van der Waals surface area contributed by atoms with Gasteiger partial charge < -0.3 is 5.73 Å². The van der Waals surface area contributed by atoms with E-state index in [9.17, 15) is 0 Å². The minimum Gasteiger partial charge on any atom is -0.386 e. The molecule has 2 N–H and O–H groups in total. The predicted octanol–water partition coefficient (Wildman–Crippen LogP) is 2.88. The number of aliphatic imine (C=N–C) groups is 1. The normalized spacial score (nSPS) is 11.8. The molecule has 0 heterocycles. The van der Waals surface area contributed by atoms with Gasteiger partial charge in [0.25, 0.3) is 0 Å². The molecule has 0 aliphatic heterocycles. The van der Waals surface area contributed by atoms with Gasteiger partial charge in [-0.15, -0.1) is 11.6 Å². The summed E-state index contributed by atoms with van der Waals surface area (Å²) in [5.41, 5.74) is 7.23. The fourth-order valence-corrected chi connectivity index (χ4v) is 1.07. The monoisotopic (exact) mass is 216 g/mol. The van der Waals surface area contributed by atoms with Gasteiger partial charge in [-0.25, -0.2) is 4.99 Å². The fraction of sp³-hybridized carbons (Fsp3) is 0.222. The summed E-state index contributed by atoms with van der Waals surface area (Å²) in [4.78, 5) is 4.08. The molecule has 1 aromatic rings.